The minimum atomic E-state index is -2.10. The third-order valence-electron chi connectivity index (χ3n) is 7.67. The van der Waals surface area contributed by atoms with Crippen molar-refractivity contribution in [1.29, 1.82) is 0 Å². The first-order valence-electron chi connectivity index (χ1n) is 13.5. The molecule has 7 heteroatoms. The van der Waals surface area contributed by atoms with Gasteiger partial charge in [-0.15, -0.1) is 0 Å². The number of ether oxygens (including phenoxy) is 1. The van der Waals surface area contributed by atoms with Gasteiger partial charge in [0.15, 0.2) is 8.32 Å². The van der Waals surface area contributed by atoms with Crippen molar-refractivity contribution in [3.63, 3.8) is 0 Å². The summed E-state index contributed by atoms with van der Waals surface area (Å²) < 4.78 is 18.0. The van der Waals surface area contributed by atoms with Crippen molar-refractivity contribution in [3.8, 4) is 0 Å². The van der Waals surface area contributed by atoms with Crippen LogP contribution < -0.4 is 0 Å². The number of ketones is 1. The van der Waals surface area contributed by atoms with Gasteiger partial charge in [0.05, 0.1) is 13.2 Å². The summed E-state index contributed by atoms with van der Waals surface area (Å²) in [5.41, 5.74) is 4.02. The molecule has 4 aromatic rings. The molecule has 1 atom stereocenters. The van der Waals surface area contributed by atoms with E-state index in [4.69, 9.17) is 13.6 Å². The third-order valence-corrected chi connectivity index (χ3v) is 12.2. The van der Waals surface area contributed by atoms with Gasteiger partial charge in [0, 0.05) is 43.1 Å². The van der Waals surface area contributed by atoms with Gasteiger partial charge in [0.25, 0.3) is 0 Å². The van der Waals surface area contributed by atoms with E-state index in [-0.39, 0.29) is 16.7 Å². The van der Waals surface area contributed by atoms with Gasteiger partial charge < -0.3 is 18.5 Å². The zero-order valence-corrected chi connectivity index (χ0v) is 25.7. The fourth-order valence-corrected chi connectivity index (χ4v) is 5.74. The number of hydrogen-bond donors (Lipinski definition) is 0. The first kappa shape index (κ1) is 29.3. The number of carbonyl (C=O) groups is 2. The molecule has 1 heterocycles. The zero-order valence-electron chi connectivity index (χ0n) is 24.7. The van der Waals surface area contributed by atoms with Gasteiger partial charge in [0.2, 0.25) is 5.78 Å². The Labute approximate surface area is 237 Å². The third kappa shape index (κ3) is 6.21. The number of furan rings is 1. The van der Waals surface area contributed by atoms with Crippen LogP contribution in [-0.2, 0) is 20.4 Å². The van der Waals surface area contributed by atoms with Gasteiger partial charge >= 0.3 is 5.97 Å². The second-order valence-electron chi connectivity index (χ2n) is 12.0. The number of nitrogens with zero attached hydrogens (tertiary/aromatic N) is 1. The Bertz CT molecular complexity index is 1560. The normalized spacial score (nSPS) is 13.4. The summed E-state index contributed by atoms with van der Waals surface area (Å²) in [6, 6.07) is 21.8. The largest absolute Gasteiger partial charge is 0.465 e. The molecule has 0 fully saturated rings. The van der Waals surface area contributed by atoms with E-state index in [2.05, 4.69) is 70.3 Å². The second kappa shape index (κ2) is 11.4. The molecule has 3 aromatic carbocycles. The van der Waals surface area contributed by atoms with Crippen molar-refractivity contribution in [1.82, 2.24) is 4.90 Å². The maximum Gasteiger partial charge on any atom is 0.343 e. The predicted octanol–water partition coefficient (Wildman–Crippen LogP) is 7.69. The molecule has 6 nitrogen and oxygen atoms in total. The molecule has 40 heavy (non-hydrogen) atoms. The Morgan fingerprint density at radius 2 is 1.57 bits per heavy atom. The summed E-state index contributed by atoms with van der Waals surface area (Å²) >= 11 is 0. The van der Waals surface area contributed by atoms with Crippen molar-refractivity contribution in [2.24, 2.45) is 0 Å². The van der Waals surface area contributed by atoms with Crippen molar-refractivity contribution in [2.45, 2.75) is 51.4 Å². The highest BCUT2D eigenvalue weighted by molar-refractivity contribution is 6.74. The molecule has 1 unspecified atom stereocenters. The van der Waals surface area contributed by atoms with Crippen LogP contribution in [0.15, 0.2) is 82.9 Å². The number of fused-ring (bicyclic) bond motifs is 3. The Morgan fingerprint density at radius 3 is 2.17 bits per heavy atom. The average molecular weight is 558 g/mol. The Hall–Kier alpha value is -3.68. The monoisotopic (exact) mass is 557 g/mol. The molecule has 0 aliphatic heterocycles. The maximum atomic E-state index is 13.4. The van der Waals surface area contributed by atoms with Crippen LogP contribution in [0.3, 0.4) is 0 Å². The molecule has 4 rings (SSSR count). The van der Waals surface area contributed by atoms with E-state index >= 15 is 0 Å². The molecule has 0 spiro atoms. The molecular formula is C33H39NO5Si. The summed E-state index contributed by atoms with van der Waals surface area (Å²) in [6.45, 7) is 11.3. The lowest BCUT2D eigenvalue weighted by molar-refractivity contribution is -0.135. The topological polar surface area (TPSA) is 69.0 Å². The van der Waals surface area contributed by atoms with Crippen LogP contribution in [0.1, 0.15) is 48.4 Å². The molecule has 0 saturated heterocycles. The van der Waals surface area contributed by atoms with E-state index in [9.17, 15) is 9.59 Å². The fourth-order valence-electron chi connectivity index (χ4n) is 4.45. The van der Waals surface area contributed by atoms with E-state index in [1.807, 2.05) is 12.1 Å². The number of esters is 1. The van der Waals surface area contributed by atoms with Crippen LogP contribution in [0.2, 0.25) is 18.1 Å². The summed E-state index contributed by atoms with van der Waals surface area (Å²) in [7, 11) is 2.68. The highest BCUT2D eigenvalue weighted by atomic mass is 28.4. The van der Waals surface area contributed by atoms with E-state index < -0.39 is 20.1 Å². The van der Waals surface area contributed by atoms with Crippen LogP contribution in [0, 0.1) is 0 Å². The number of rotatable bonds is 9. The molecule has 0 aliphatic rings. The predicted molar refractivity (Wildman–Crippen MR) is 163 cm³/mol. The van der Waals surface area contributed by atoms with Crippen molar-refractivity contribution in [2.75, 3.05) is 21.2 Å². The number of Topliss-reactive ketones (excluding diaryl/α,β-unsaturated/α-hetero) is 1. The highest BCUT2D eigenvalue weighted by Crippen LogP contribution is 2.41. The molecule has 0 amide bonds. The van der Waals surface area contributed by atoms with E-state index in [0.29, 0.717) is 11.1 Å². The highest BCUT2D eigenvalue weighted by Gasteiger charge is 2.39. The zero-order chi connectivity index (χ0) is 29.2. The standard InChI is InChI=1S/C33H39NO5Si/c1-33(2,3)40(7,8)39-30(18-22-12-10-9-11-13-22)23-14-16-28-25(19-23)26-20-24(15-17-29(26)38-28)31(35)27(21-34(4)5)32(36)37-6/h9-17,19-21,30H,18H2,1-8H3/b27-21+. The Kier molecular flexibility index (Phi) is 8.37. The molecule has 0 aliphatic carbocycles. The van der Waals surface area contributed by atoms with E-state index in [0.717, 1.165) is 28.3 Å². The van der Waals surface area contributed by atoms with Gasteiger partial charge in [0.1, 0.15) is 16.7 Å². The Morgan fingerprint density at radius 1 is 0.950 bits per heavy atom. The molecule has 0 bridgehead atoms. The van der Waals surface area contributed by atoms with Crippen molar-refractivity contribution in [3.05, 3.63) is 95.2 Å². The number of hydrogen-bond acceptors (Lipinski definition) is 6. The number of methoxy groups -OCH3 is 1. The maximum absolute atomic E-state index is 13.4. The first-order chi connectivity index (χ1) is 18.8. The summed E-state index contributed by atoms with van der Waals surface area (Å²) in [4.78, 5) is 27.4. The first-order valence-corrected chi connectivity index (χ1v) is 16.4. The van der Waals surface area contributed by atoms with E-state index in [1.165, 1.54) is 18.9 Å². The minimum Gasteiger partial charge on any atom is -0.465 e. The minimum absolute atomic E-state index is 0.0361. The van der Waals surface area contributed by atoms with Crippen molar-refractivity contribution < 1.29 is 23.2 Å². The van der Waals surface area contributed by atoms with Gasteiger partial charge in [-0.1, -0.05) is 57.2 Å². The average Bonchev–Trinajstić information content (AvgIpc) is 3.27. The molecule has 0 N–H and O–H groups in total. The quantitative estimate of drug-likeness (QED) is 0.0525. The summed E-state index contributed by atoms with van der Waals surface area (Å²) in [6.07, 6.45) is 2.09. The van der Waals surface area contributed by atoms with Gasteiger partial charge in [-0.2, -0.15) is 0 Å². The van der Waals surface area contributed by atoms with E-state index in [1.54, 1.807) is 37.2 Å². The van der Waals surface area contributed by atoms with Gasteiger partial charge in [-0.25, -0.2) is 4.79 Å². The van der Waals surface area contributed by atoms with Gasteiger partial charge in [-0.3, -0.25) is 4.79 Å². The molecule has 1 aromatic heterocycles. The fraction of sp³-hybridized carbons (Fsp3) is 0.333. The number of carbonyl (C=O) groups excluding carboxylic acids is 2. The van der Waals surface area contributed by atoms with Crippen LogP contribution in [0.25, 0.3) is 21.9 Å². The molecule has 210 valence electrons. The summed E-state index contributed by atoms with van der Waals surface area (Å²) in [5.74, 6) is -1.08. The van der Waals surface area contributed by atoms with Crippen LogP contribution in [0.4, 0.5) is 0 Å². The number of benzene rings is 3. The Balaban J connectivity index is 1.80. The summed E-state index contributed by atoms with van der Waals surface area (Å²) in [5, 5.41) is 1.76. The van der Waals surface area contributed by atoms with Crippen LogP contribution in [-0.4, -0.2) is 46.2 Å². The smallest absolute Gasteiger partial charge is 0.343 e. The second-order valence-corrected chi connectivity index (χ2v) is 16.7. The SMILES string of the molecule is COC(=O)/C(=C/N(C)C)C(=O)c1ccc2oc3ccc(C(Cc4ccccc4)O[Si](C)(C)C(C)(C)C)cc3c2c1. The van der Waals surface area contributed by atoms with Gasteiger partial charge in [-0.05, 0) is 59.6 Å². The molecule has 0 saturated carbocycles. The van der Waals surface area contributed by atoms with Crippen LogP contribution >= 0.6 is 0 Å². The molecule has 0 radical (unpaired) electrons. The lowest BCUT2D eigenvalue weighted by Crippen LogP contribution is -2.42. The van der Waals surface area contributed by atoms with Crippen LogP contribution in [0.5, 0.6) is 0 Å². The van der Waals surface area contributed by atoms with Crippen molar-refractivity contribution >= 4 is 42.0 Å². The molecular weight excluding hydrogens is 518 g/mol. The lowest BCUT2D eigenvalue weighted by atomic mass is 9.98. The lowest BCUT2D eigenvalue weighted by Gasteiger charge is -2.39.